The number of ether oxygens (including phenoxy) is 1. The lowest BCUT2D eigenvalue weighted by Crippen LogP contribution is -2.33. The molecule has 0 radical (unpaired) electrons. The molecule has 3 rings (SSSR count). The van der Waals surface area contributed by atoms with Gasteiger partial charge >= 0.3 is 6.09 Å². The number of hydrazine groups is 1. The first-order valence-corrected chi connectivity index (χ1v) is 9.35. The zero-order valence-electron chi connectivity index (χ0n) is 16.8. The zero-order valence-corrected chi connectivity index (χ0v) is 16.8. The normalized spacial score (nSPS) is 16.1. The molecule has 1 aliphatic heterocycles. The van der Waals surface area contributed by atoms with Gasteiger partial charge in [-0.2, -0.15) is 5.26 Å². The highest BCUT2D eigenvalue weighted by molar-refractivity contribution is 5.90. The fraction of sp³-hybridized carbons (Fsp3) is 0.250. The summed E-state index contributed by atoms with van der Waals surface area (Å²) in [5.74, 6) is 5.04. The number of hydrogen-bond donors (Lipinski definition) is 3. The van der Waals surface area contributed by atoms with Crippen LogP contribution in [0.4, 0.5) is 20.6 Å². The number of hydrogen-bond acceptors (Lipinski definition) is 7. The van der Waals surface area contributed by atoms with Gasteiger partial charge in [0.15, 0.2) is 0 Å². The van der Waals surface area contributed by atoms with Crippen molar-refractivity contribution in [1.82, 2.24) is 9.88 Å². The van der Waals surface area contributed by atoms with Crippen LogP contribution in [0.25, 0.3) is 0 Å². The molecular weight excluding hydrogens is 405 g/mol. The quantitative estimate of drug-likeness (QED) is 0.444. The Morgan fingerprint density at radius 1 is 1.48 bits per heavy atom. The number of nitrogens with one attached hydrogen (secondary N) is 1. The lowest BCUT2D eigenvalue weighted by Gasteiger charge is -2.19. The predicted octanol–water partition coefficient (Wildman–Crippen LogP) is 1.14. The summed E-state index contributed by atoms with van der Waals surface area (Å²) in [6.45, 7) is 1.99. The van der Waals surface area contributed by atoms with Crippen molar-refractivity contribution >= 4 is 23.4 Å². The van der Waals surface area contributed by atoms with E-state index in [9.17, 15) is 14.0 Å². The average molecular weight is 427 g/mol. The molecule has 1 atom stereocenters. The maximum Gasteiger partial charge on any atom is 0.414 e. The smallest absolute Gasteiger partial charge is 0.414 e. The topological polar surface area (TPSA) is 143 Å². The molecule has 2 heterocycles. The largest absolute Gasteiger partial charge is 0.442 e. The van der Waals surface area contributed by atoms with Crippen LogP contribution >= 0.6 is 0 Å². The van der Waals surface area contributed by atoms with E-state index < -0.39 is 18.0 Å². The lowest BCUT2D eigenvalue weighted by molar-refractivity contribution is -0.119. The molecule has 1 aromatic heterocycles. The third-order valence-corrected chi connectivity index (χ3v) is 4.52. The van der Waals surface area contributed by atoms with Crippen molar-refractivity contribution in [2.24, 2.45) is 11.6 Å². The molecule has 162 valence electrons. The molecule has 2 amide bonds. The van der Waals surface area contributed by atoms with Crippen LogP contribution in [0.3, 0.4) is 0 Å². The summed E-state index contributed by atoms with van der Waals surface area (Å²) in [4.78, 5) is 24.4. The number of carbonyl (C=O) groups is 2. The van der Waals surface area contributed by atoms with E-state index in [1.165, 1.54) is 36.2 Å². The third kappa shape index (κ3) is 5.31. The van der Waals surface area contributed by atoms with Gasteiger partial charge in [0.1, 0.15) is 18.0 Å². The molecule has 0 spiro atoms. The standard InChI is InChI=1S/C20H22FN7O3/c1-13(29)25-8-17-12-27(20(30)31-17)16-2-3-19(18(21)6-16)28(24)11-15(23)10-26-5-4-14(7-22)9-26/h2-6,9,11,17H,8,10,12,23-24H2,1H3,(H,25,29)/b15-11-. The number of amides is 2. The maximum atomic E-state index is 14.7. The first kappa shape index (κ1) is 21.7. The number of allylic oxidation sites excluding steroid dienone is 1. The Hall–Kier alpha value is -4.04. The van der Waals surface area contributed by atoms with Crippen LogP contribution in [0.2, 0.25) is 0 Å². The van der Waals surface area contributed by atoms with E-state index in [1.54, 1.807) is 23.0 Å². The number of nitriles is 1. The number of aromatic nitrogens is 1. The van der Waals surface area contributed by atoms with Crippen LogP contribution < -0.4 is 26.8 Å². The fourth-order valence-corrected chi connectivity index (χ4v) is 3.07. The number of cyclic esters (lactones) is 1. The molecule has 0 bridgehead atoms. The van der Waals surface area contributed by atoms with Crippen molar-refractivity contribution in [3.8, 4) is 6.07 Å². The molecule has 5 N–H and O–H groups in total. The van der Waals surface area contributed by atoms with Gasteiger partial charge in [0, 0.05) is 31.2 Å². The highest BCUT2D eigenvalue weighted by Gasteiger charge is 2.32. The van der Waals surface area contributed by atoms with Gasteiger partial charge in [-0.3, -0.25) is 14.7 Å². The van der Waals surface area contributed by atoms with Gasteiger partial charge in [0.25, 0.3) is 0 Å². The molecule has 11 heteroatoms. The van der Waals surface area contributed by atoms with E-state index in [2.05, 4.69) is 5.32 Å². The van der Waals surface area contributed by atoms with Crippen molar-refractivity contribution in [3.05, 3.63) is 59.9 Å². The van der Waals surface area contributed by atoms with E-state index in [1.807, 2.05) is 6.07 Å². The molecule has 1 unspecified atom stereocenters. The summed E-state index contributed by atoms with van der Waals surface area (Å²) < 4.78 is 21.6. The van der Waals surface area contributed by atoms with Gasteiger partial charge < -0.3 is 20.4 Å². The van der Waals surface area contributed by atoms with Gasteiger partial charge in [-0.25, -0.2) is 15.0 Å². The highest BCUT2D eigenvalue weighted by Crippen LogP contribution is 2.27. The third-order valence-electron chi connectivity index (χ3n) is 4.52. The van der Waals surface area contributed by atoms with Gasteiger partial charge in [-0.1, -0.05) is 0 Å². The van der Waals surface area contributed by atoms with Crippen molar-refractivity contribution < 1.29 is 18.7 Å². The Labute approximate surface area is 178 Å². The average Bonchev–Trinajstić information content (AvgIpc) is 3.32. The Kier molecular flexibility index (Phi) is 6.42. The summed E-state index contributed by atoms with van der Waals surface area (Å²) in [6.07, 6.45) is 3.55. The second kappa shape index (κ2) is 9.19. The van der Waals surface area contributed by atoms with Crippen LogP contribution in [0.15, 0.2) is 48.6 Å². The first-order valence-electron chi connectivity index (χ1n) is 9.35. The number of anilines is 2. The second-order valence-corrected chi connectivity index (χ2v) is 6.98. The SMILES string of the molecule is CC(=O)NCC1CN(c2ccc(N(N)/C=C(\N)Cn3ccc(C#N)c3)c(F)c2)C(=O)O1. The molecule has 31 heavy (non-hydrogen) atoms. The van der Waals surface area contributed by atoms with Gasteiger partial charge in [0.05, 0.1) is 36.6 Å². The Morgan fingerprint density at radius 2 is 2.26 bits per heavy atom. The van der Waals surface area contributed by atoms with Crippen molar-refractivity contribution in [2.75, 3.05) is 23.0 Å². The number of halogens is 1. The van der Waals surface area contributed by atoms with Gasteiger partial charge in [-0.15, -0.1) is 0 Å². The fourth-order valence-electron chi connectivity index (χ4n) is 3.07. The summed E-state index contributed by atoms with van der Waals surface area (Å²) in [6, 6.07) is 7.80. The number of rotatable bonds is 7. The van der Waals surface area contributed by atoms with Gasteiger partial charge in [-0.05, 0) is 24.3 Å². The van der Waals surface area contributed by atoms with E-state index >= 15 is 0 Å². The molecule has 0 saturated carbocycles. The molecule has 1 saturated heterocycles. The second-order valence-electron chi connectivity index (χ2n) is 6.98. The van der Waals surface area contributed by atoms with Crippen LogP contribution in [-0.2, 0) is 16.1 Å². The summed E-state index contributed by atoms with van der Waals surface area (Å²) in [5.41, 5.74) is 7.17. The zero-order chi connectivity index (χ0) is 22.5. The number of benzene rings is 1. The predicted molar refractivity (Wildman–Crippen MR) is 111 cm³/mol. The number of carbonyl (C=O) groups excluding carboxylic acids is 2. The Balaban J connectivity index is 1.67. The molecular formula is C20H22FN7O3. The van der Waals surface area contributed by atoms with Crippen molar-refractivity contribution in [3.63, 3.8) is 0 Å². The number of nitrogens with two attached hydrogens (primary N) is 2. The summed E-state index contributed by atoms with van der Waals surface area (Å²) >= 11 is 0. The minimum absolute atomic E-state index is 0.0549. The summed E-state index contributed by atoms with van der Waals surface area (Å²) in [5, 5.41) is 12.5. The summed E-state index contributed by atoms with van der Waals surface area (Å²) in [7, 11) is 0. The van der Waals surface area contributed by atoms with Crippen LogP contribution in [0.1, 0.15) is 12.5 Å². The van der Waals surface area contributed by atoms with E-state index in [0.717, 1.165) is 5.01 Å². The van der Waals surface area contributed by atoms with Gasteiger partial charge in [0.2, 0.25) is 5.91 Å². The minimum atomic E-state index is -0.658. The van der Waals surface area contributed by atoms with Crippen LogP contribution in [0, 0.1) is 17.1 Å². The molecule has 0 aliphatic carbocycles. The van der Waals surface area contributed by atoms with Crippen LogP contribution in [0.5, 0.6) is 0 Å². The maximum absolute atomic E-state index is 14.7. The molecule has 2 aromatic rings. The lowest BCUT2D eigenvalue weighted by atomic mass is 10.2. The van der Waals surface area contributed by atoms with Crippen molar-refractivity contribution in [2.45, 2.75) is 19.6 Å². The van der Waals surface area contributed by atoms with E-state index in [0.29, 0.717) is 16.9 Å². The van der Waals surface area contributed by atoms with E-state index in [-0.39, 0.29) is 31.2 Å². The van der Waals surface area contributed by atoms with Crippen molar-refractivity contribution in [1.29, 1.82) is 5.26 Å². The first-order chi connectivity index (χ1) is 14.8. The highest BCUT2D eigenvalue weighted by atomic mass is 19.1. The molecule has 1 aliphatic rings. The Morgan fingerprint density at radius 3 is 2.90 bits per heavy atom. The molecule has 1 fully saturated rings. The molecule has 10 nitrogen and oxygen atoms in total. The number of nitrogens with zero attached hydrogens (tertiary/aromatic N) is 4. The monoisotopic (exact) mass is 427 g/mol. The van der Waals surface area contributed by atoms with E-state index in [4.69, 9.17) is 21.6 Å². The Bertz CT molecular complexity index is 1060. The minimum Gasteiger partial charge on any atom is -0.442 e. The van der Waals surface area contributed by atoms with Crippen LogP contribution in [-0.4, -0.2) is 35.8 Å². The molecule has 1 aromatic carbocycles.